The van der Waals surface area contributed by atoms with Crippen LogP contribution in [0.15, 0.2) is 37.0 Å². The molecule has 0 saturated carbocycles. The second kappa shape index (κ2) is 6.63. The molecule has 1 atom stereocenters. The molecule has 3 nitrogen and oxygen atoms in total. The zero-order chi connectivity index (χ0) is 11.9. The molecule has 0 aromatic rings. The fourth-order valence-electron chi connectivity index (χ4n) is 1.45. The Morgan fingerprint density at radius 2 is 2.06 bits per heavy atom. The third-order valence-corrected chi connectivity index (χ3v) is 2.35. The minimum atomic E-state index is -0.838. The SMILES string of the molecule is C=CC1(/C=C/C(O)C/C=C\CC)OCCO1. The summed E-state index contributed by atoms with van der Waals surface area (Å²) < 4.78 is 10.8. The van der Waals surface area contributed by atoms with Gasteiger partial charge < -0.3 is 14.6 Å². The van der Waals surface area contributed by atoms with Gasteiger partial charge in [0.2, 0.25) is 5.79 Å². The van der Waals surface area contributed by atoms with Crippen LogP contribution in [0.25, 0.3) is 0 Å². The predicted molar refractivity (Wildman–Crippen MR) is 64.0 cm³/mol. The molecule has 3 heteroatoms. The van der Waals surface area contributed by atoms with Gasteiger partial charge in [0.1, 0.15) is 0 Å². The topological polar surface area (TPSA) is 38.7 Å². The first kappa shape index (κ1) is 13.2. The average Bonchev–Trinajstić information content (AvgIpc) is 2.76. The van der Waals surface area contributed by atoms with Crippen LogP contribution in [0, 0.1) is 0 Å². The lowest BCUT2D eigenvalue weighted by Crippen LogP contribution is -2.24. The van der Waals surface area contributed by atoms with E-state index in [0.717, 1.165) is 6.42 Å². The molecule has 1 N–H and O–H groups in total. The molecule has 0 spiro atoms. The van der Waals surface area contributed by atoms with Gasteiger partial charge in [-0.2, -0.15) is 0 Å². The molecule has 1 heterocycles. The Labute approximate surface area is 97.1 Å². The van der Waals surface area contributed by atoms with Gasteiger partial charge in [0.15, 0.2) is 0 Å². The summed E-state index contributed by atoms with van der Waals surface area (Å²) >= 11 is 0. The lowest BCUT2D eigenvalue weighted by molar-refractivity contribution is -0.0746. The zero-order valence-corrected chi connectivity index (χ0v) is 9.76. The van der Waals surface area contributed by atoms with Crippen LogP contribution in [-0.2, 0) is 9.47 Å². The average molecular weight is 224 g/mol. The van der Waals surface area contributed by atoms with Crippen molar-refractivity contribution in [3.63, 3.8) is 0 Å². The van der Waals surface area contributed by atoms with Crippen LogP contribution >= 0.6 is 0 Å². The van der Waals surface area contributed by atoms with Gasteiger partial charge in [-0.05, 0) is 25.0 Å². The first-order valence-electron chi connectivity index (χ1n) is 5.66. The smallest absolute Gasteiger partial charge is 0.207 e. The van der Waals surface area contributed by atoms with Crippen molar-refractivity contribution >= 4 is 0 Å². The van der Waals surface area contributed by atoms with Crippen molar-refractivity contribution in [2.75, 3.05) is 13.2 Å². The maximum Gasteiger partial charge on any atom is 0.207 e. The maximum absolute atomic E-state index is 9.66. The number of ether oxygens (including phenoxy) is 2. The Kier molecular flexibility index (Phi) is 5.46. The van der Waals surface area contributed by atoms with E-state index < -0.39 is 11.9 Å². The summed E-state index contributed by atoms with van der Waals surface area (Å²) in [5, 5.41) is 9.66. The van der Waals surface area contributed by atoms with E-state index in [9.17, 15) is 5.11 Å². The fourth-order valence-corrected chi connectivity index (χ4v) is 1.45. The highest BCUT2D eigenvalue weighted by atomic mass is 16.7. The third kappa shape index (κ3) is 3.93. The molecule has 1 rings (SSSR count). The van der Waals surface area contributed by atoms with Gasteiger partial charge in [0.25, 0.3) is 0 Å². The molecule has 1 aliphatic heterocycles. The van der Waals surface area contributed by atoms with E-state index in [1.54, 1.807) is 18.2 Å². The first-order chi connectivity index (χ1) is 7.72. The second-order valence-corrected chi connectivity index (χ2v) is 3.66. The van der Waals surface area contributed by atoms with E-state index in [1.165, 1.54) is 0 Å². The van der Waals surface area contributed by atoms with Crippen LogP contribution in [0.3, 0.4) is 0 Å². The van der Waals surface area contributed by atoms with Crippen molar-refractivity contribution in [3.05, 3.63) is 37.0 Å². The first-order valence-corrected chi connectivity index (χ1v) is 5.66. The molecule has 0 aromatic heterocycles. The zero-order valence-electron chi connectivity index (χ0n) is 9.76. The second-order valence-electron chi connectivity index (χ2n) is 3.66. The molecule has 0 aliphatic carbocycles. The molecule has 0 radical (unpaired) electrons. The summed E-state index contributed by atoms with van der Waals surface area (Å²) in [7, 11) is 0. The van der Waals surface area contributed by atoms with E-state index in [1.807, 2.05) is 12.2 Å². The highest BCUT2D eigenvalue weighted by Crippen LogP contribution is 2.22. The summed E-state index contributed by atoms with van der Waals surface area (Å²) in [5.41, 5.74) is 0. The Balaban J connectivity index is 2.44. The lowest BCUT2D eigenvalue weighted by Gasteiger charge is -2.18. The number of allylic oxidation sites excluding steroid dienone is 1. The highest BCUT2D eigenvalue weighted by Gasteiger charge is 2.30. The molecule has 1 aliphatic rings. The summed E-state index contributed by atoms with van der Waals surface area (Å²) in [6, 6.07) is 0. The lowest BCUT2D eigenvalue weighted by atomic mass is 10.1. The van der Waals surface area contributed by atoms with Crippen molar-refractivity contribution in [3.8, 4) is 0 Å². The molecule has 1 fully saturated rings. The Hall–Kier alpha value is -0.900. The summed E-state index contributed by atoms with van der Waals surface area (Å²) in [6.07, 6.45) is 10.1. The van der Waals surface area contributed by atoms with Crippen LogP contribution in [0.1, 0.15) is 19.8 Å². The quantitative estimate of drug-likeness (QED) is 0.703. The van der Waals surface area contributed by atoms with E-state index in [-0.39, 0.29) is 0 Å². The molecule has 0 aromatic carbocycles. The highest BCUT2D eigenvalue weighted by molar-refractivity contribution is 5.10. The summed E-state index contributed by atoms with van der Waals surface area (Å²) in [6.45, 7) is 6.85. The van der Waals surface area contributed by atoms with Crippen molar-refractivity contribution < 1.29 is 14.6 Å². The minimum Gasteiger partial charge on any atom is -0.389 e. The van der Waals surface area contributed by atoms with Crippen LogP contribution < -0.4 is 0 Å². The monoisotopic (exact) mass is 224 g/mol. The van der Waals surface area contributed by atoms with E-state index in [4.69, 9.17) is 9.47 Å². The number of aliphatic hydroxyl groups excluding tert-OH is 1. The fraction of sp³-hybridized carbons (Fsp3) is 0.538. The van der Waals surface area contributed by atoms with Crippen LogP contribution in [0.5, 0.6) is 0 Å². The molecule has 16 heavy (non-hydrogen) atoms. The Morgan fingerprint density at radius 3 is 2.62 bits per heavy atom. The van der Waals surface area contributed by atoms with Gasteiger partial charge in [-0.25, -0.2) is 0 Å². The van der Waals surface area contributed by atoms with Crippen molar-refractivity contribution in [1.29, 1.82) is 0 Å². The molecular formula is C13H20O3. The molecule has 90 valence electrons. The van der Waals surface area contributed by atoms with Crippen molar-refractivity contribution in [1.82, 2.24) is 0 Å². The largest absolute Gasteiger partial charge is 0.389 e. The van der Waals surface area contributed by atoms with Crippen LogP contribution in [0.4, 0.5) is 0 Å². The van der Waals surface area contributed by atoms with Crippen LogP contribution in [0.2, 0.25) is 0 Å². The number of rotatable bonds is 6. The summed E-state index contributed by atoms with van der Waals surface area (Å²) in [4.78, 5) is 0. The number of hydrogen-bond acceptors (Lipinski definition) is 3. The minimum absolute atomic E-state index is 0.507. The van der Waals surface area contributed by atoms with Gasteiger partial charge in [0, 0.05) is 0 Å². The van der Waals surface area contributed by atoms with E-state index in [0.29, 0.717) is 19.6 Å². The Morgan fingerprint density at radius 1 is 1.38 bits per heavy atom. The van der Waals surface area contributed by atoms with Crippen molar-refractivity contribution in [2.45, 2.75) is 31.7 Å². The van der Waals surface area contributed by atoms with Gasteiger partial charge in [-0.1, -0.05) is 31.7 Å². The van der Waals surface area contributed by atoms with Gasteiger partial charge in [-0.15, -0.1) is 0 Å². The van der Waals surface area contributed by atoms with Crippen molar-refractivity contribution in [2.24, 2.45) is 0 Å². The van der Waals surface area contributed by atoms with E-state index in [2.05, 4.69) is 13.5 Å². The van der Waals surface area contributed by atoms with E-state index >= 15 is 0 Å². The maximum atomic E-state index is 9.66. The third-order valence-electron chi connectivity index (χ3n) is 2.35. The standard InChI is InChI=1S/C13H20O3/c1-3-5-6-7-12(14)8-9-13(4-2)15-10-11-16-13/h4-6,8-9,12,14H,2-3,7,10-11H2,1H3/b6-5-,9-8+. The normalized spacial score (nSPS) is 21.9. The van der Waals surface area contributed by atoms with Gasteiger partial charge >= 0.3 is 0 Å². The molecule has 1 saturated heterocycles. The van der Waals surface area contributed by atoms with Gasteiger partial charge in [-0.3, -0.25) is 0 Å². The number of aliphatic hydroxyl groups is 1. The molecule has 0 amide bonds. The Bertz CT molecular complexity index is 262. The predicted octanol–water partition coefficient (Wildman–Crippen LogP) is 2.19. The number of hydrogen-bond donors (Lipinski definition) is 1. The molecule has 1 unspecified atom stereocenters. The van der Waals surface area contributed by atoms with Crippen LogP contribution in [-0.4, -0.2) is 30.2 Å². The molecular weight excluding hydrogens is 204 g/mol. The molecule has 0 bridgehead atoms. The summed E-state index contributed by atoms with van der Waals surface area (Å²) in [5.74, 6) is -0.838. The van der Waals surface area contributed by atoms with Gasteiger partial charge in [0.05, 0.1) is 19.3 Å².